The second-order valence-electron chi connectivity index (χ2n) is 7.23. The van der Waals surface area contributed by atoms with E-state index in [4.69, 9.17) is 0 Å². The number of aliphatic imine (C=N–C) groups is 1. The molecule has 2 aromatic rings. The molecule has 0 aliphatic carbocycles. The summed E-state index contributed by atoms with van der Waals surface area (Å²) in [6.45, 7) is 7.40. The molecule has 0 amide bonds. The maximum atomic E-state index is 12.5. The normalized spacial score (nSPS) is 12.8. The van der Waals surface area contributed by atoms with Crippen molar-refractivity contribution in [3.63, 3.8) is 0 Å². The van der Waals surface area contributed by atoms with Crippen molar-refractivity contribution in [2.45, 2.75) is 45.8 Å². The van der Waals surface area contributed by atoms with Crippen LogP contribution in [0.3, 0.4) is 0 Å². The number of aromatic nitrogens is 3. The van der Waals surface area contributed by atoms with E-state index in [2.05, 4.69) is 44.9 Å². The fraction of sp³-hybridized carbons (Fsp3) is 0.550. The first kappa shape index (κ1) is 27.0. The van der Waals surface area contributed by atoms with Crippen LogP contribution in [0.4, 0.5) is 19.0 Å². The second-order valence-corrected chi connectivity index (χ2v) is 7.23. The molecule has 2 rings (SSSR count). The molecule has 1 atom stereocenters. The smallest absolute Gasteiger partial charge is 0.370 e. The average Bonchev–Trinajstić information content (AvgIpc) is 2.92. The minimum Gasteiger partial charge on any atom is -0.370 e. The molecule has 0 fully saturated rings. The molecule has 1 unspecified atom stereocenters. The van der Waals surface area contributed by atoms with Gasteiger partial charge in [0.15, 0.2) is 5.96 Å². The van der Waals surface area contributed by atoms with Crippen LogP contribution < -0.4 is 16.0 Å². The van der Waals surface area contributed by atoms with Gasteiger partial charge < -0.3 is 16.0 Å². The topological polar surface area (TPSA) is 79.2 Å². The molecule has 0 spiro atoms. The molecule has 0 aromatic carbocycles. The number of nitrogens with one attached hydrogen (secondary N) is 3. The van der Waals surface area contributed by atoms with Crippen LogP contribution in [0.5, 0.6) is 0 Å². The summed E-state index contributed by atoms with van der Waals surface area (Å²) in [4.78, 5) is 8.04. The van der Waals surface area contributed by atoms with Crippen LogP contribution >= 0.6 is 24.0 Å². The van der Waals surface area contributed by atoms with E-state index >= 15 is 0 Å². The van der Waals surface area contributed by atoms with Crippen LogP contribution in [-0.2, 0) is 19.6 Å². The third kappa shape index (κ3) is 8.19. The summed E-state index contributed by atoms with van der Waals surface area (Å²) >= 11 is 0. The summed E-state index contributed by atoms with van der Waals surface area (Å²) in [5.41, 5.74) is 2.68. The lowest BCUT2D eigenvalue weighted by Gasteiger charge is -2.18. The van der Waals surface area contributed by atoms with Gasteiger partial charge in [-0.1, -0.05) is 0 Å². The number of rotatable bonds is 8. The molecule has 2 aromatic heterocycles. The van der Waals surface area contributed by atoms with E-state index in [1.807, 2.05) is 18.7 Å². The van der Waals surface area contributed by atoms with Crippen molar-refractivity contribution in [1.29, 1.82) is 0 Å². The van der Waals surface area contributed by atoms with Gasteiger partial charge in [-0.05, 0) is 51.3 Å². The van der Waals surface area contributed by atoms with Gasteiger partial charge in [0, 0.05) is 45.1 Å². The molecule has 0 bridgehead atoms. The summed E-state index contributed by atoms with van der Waals surface area (Å²) in [7, 11) is 3.66. The zero-order valence-electron chi connectivity index (χ0n) is 18.5. The van der Waals surface area contributed by atoms with Crippen LogP contribution in [0.2, 0.25) is 0 Å². The van der Waals surface area contributed by atoms with Crippen molar-refractivity contribution >= 4 is 35.8 Å². The van der Waals surface area contributed by atoms with Crippen LogP contribution in [0.1, 0.15) is 35.9 Å². The van der Waals surface area contributed by atoms with Gasteiger partial charge in [0.2, 0.25) is 0 Å². The molecule has 31 heavy (non-hydrogen) atoms. The van der Waals surface area contributed by atoms with Crippen LogP contribution in [0.15, 0.2) is 23.3 Å². The fourth-order valence-corrected chi connectivity index (χ4v) is 3.08. The van der Waals surface area contributed by atoms with Crippen molar-refractivity contribution in [2.75, 3.05) is 25.5 Å². The standard InChI is InChI=1S/C20H30F3N7.HI/c1-13(11-17-14(2)29-30(5)15(17)3)28-19(24-4)26-10-6-9-25-18-8-7-16(12-27-18)20(21,22)23;/h7-8,12-13H,6,9-11H2,1-5H3,(H,25,27)(H2,24,26,28);1H. The number of anilines is 1. The molecule has 3 N–H and O–H groups in total. The zero-order valence-corrected chi connectivity index (χ0v) is 20.8. The van der Waals surface area contributed by atoms with Gasteiger partial charge in [0.25, 0.3) is 0 Å². The van der Waals surface area contributed by atoms with Crippen molar-refractivity contribution < 1.29 is 13.2 Å². The molecular formula is C20H31F3IN7. The number of aryl methyl sites for hydroxylation is 2. The molecule has 11 heteroatoms. The highest BCUT2D eigenvalue weighted by Gasteiger charge is 2.30. The Hall–Kier alpha value is -2.05. The monoisotopic (exact) mass is 553 g/mol. The summed E-state index contributed by atoms with van der Waals surface area (Å²) in [5.74, 6) is 1.12. The highest BCUT2D eigenvalue weighted by atomic mass is 127. The highest BCUT2D eigenvalue weighted by molar-refractivity contribution is 14.0. The maximum Gasteiger partial charge on any atom is 0.417 e. The fourth-order valence-electron chi connectivity index (χ4n) is 3.08. The molecule has 7 nitrogen and oxygen atoms in total. The van der Waals surface area contributed by atoms with Gasteiger partial charge in [-0.25, -0.2) is 4.98 Å². The van der Waals surface area contributed by atoms with Gasteiger partial charge in [0.05, 0.1) is 11.3 Å². The van der Waals surface area contributed by atoms with Crippen molar-refractivity contribution in [3.05, 3.63) is 40.8 Å². The van der Waals surface area contributed by atoms with Crippen LogP contribution in [0, 0.1) is 13.8 Å². The summed E-state index contributed by atoms with van der Waals surface area (Å²) in [6.07, 6.45) is -1.95. The van der Waals surface area contributed by atoms with E-state index in [9.17, 15) is 13.2 Å². The first-order chi connectivity index (χ1) is 14.1. The first-order valence-electron chi connectivity index (χ1n) is 9.85. The first-order valence-corrected chi connectivity index (χ1v) is 9.85. The molecule has 0 aliphatic heterocycles. The number of alkyl halides is 3. The number of hydrogen-bond donors (Lipinski definition) is 3. The van der Waals surface area contributed by atoms with Gasteiger partial charge >= 0.3 is 6.18 Å². The lowest BCUT2D eigenvalue weighted by atomic mass is 10.1. The molecular weight excluding hydrogens is 522 g/mol. The number of pyridine rings is 1. The molecule has 174 valence electrons. The third-order valence-corrected chi connectivity index (χ3v) is 4.82. The Morgan fingerprint density at radius 3 is 2.45 bits per heavy atom. The largest absolute Gasteiger partial charge is 0.417 e. The number of guanidine groups is 1. The van der Waals surface area contributed by atoms with Crippen LogP contribution in [0.25, 0.3) is 0 Å². The van der Waals surface area contributed by atoms with Gasteiger partial charge in [0.1, 0.15) is 5.82 Å². The van der Waals surface area contributed by atoms with E-state index in [0.29, 0.717) is 24.9 Å². The minimum atomic E-state index is -4.37. The second kappa shape index (κ2) is 12.1. The summed E-state index contributed by atoms with van der Waals surface area (Å²) < 4.78 is 39.5. The van der Waals surface area contributed by atoms with Crippen molar-refractivity contribution in [2.24, 2.45) is 12.0 Å². The number of nitrogens with zero attached hydrogens (tertiary/aromatic N) is 4. The van der Waals surface area contributed by atoms with Crippen LogP contribution in [-0.4, -0.2) is 46.9 Å². The highest BCUT2D eigenvalue weighted by Crippen LogP contribution is 2.28. The van der Waals surface area contributed by atoms with Gasteiger partial charge in [-0.2, -0.15) is 18.3 Å². The quantitative estimate of drug-likeness (QED) is 0.201. The molecule has 0 saturated carbocycles. The molecule has 0 saturated heterocycles. The zero-order chi connectivity index (χ0) is 22.3. The Morgan fingerprint density at radius 1 is 1.23 bits per heavy atom. The van der Waals surface area contributed by atoms with Crippen molar-refractivity contribution in [1.82, 2.24) is 25.4 Å². The lowest BCUT2D eigenvalue weighted by molar-refractivity contribution is -0.137. The van der Waals surface area contributed by atoms with E-state index in [-0.39, 0.29) is 30.0 Å². The van der Waals surface area contributed by atoms with Crippen molar-refractivity contribution in [3.8, 4) is 0 Å². The Bertz CT molecular complexity index is 848. The third-order valence-electron chi connectivity index (χ3n) is 4.82. The van der Waals surface area contributed by atoms with Gasteiger partial charge in [-0.15, -0.1) is 24.0 Å². The maximum absolute atomic E-state index is 12.5. The SMILES string of the molecule is CN=C(NCCCNc1ccc(C(F)(F)F)cn1)NC(C)Cc1c(C)nn(C)c1C.I. The number of hydrogen-bond acceptors (Lipinski definition) is 4. The van der Waals surface area contributed by atoms with E-state index in [0.717, 1.165) is 36.5 Å². The number of halogens is 4. The van der Waals surface area contributed by atoms with E-state index < -0.39 is 11.7 Å². The molecule has 0 aliphatic rings. The van der Waals surface area contributed by atoms with E-state index in [1.54, 1.807) is 7.05 Å². The summed E-state index contributed by atoms with van der Waals surface area (Å²) in [6, 6.07) is 2.53. The van der Waals surface area contributed by atoms with E-state index in [1.165, 1.54) is 11.6 Å². The molecule has 2 heterocycles. The Labute approximate surface area is 198 Å². The lowest BCUT2D eigenvalue weighted by Crippen LogP contribution is -2.43. The predicted octanol–water partition coefficient (Wildman–Crippen LogP) is 3.67. The Morgan fingerprint density at radius 2 is 1.94 bits per heavy atom. The van der Waals surface area contributed by atoms with Gasteiger partial charge in [-0.3, -0.25) is 9.67 Å². The summed E-state index contributed by atoms with van der Waals surface area (Å²) in [5, 5.41) is 14.1. The Balaban J connectivity index is 0.00000480. The average molecular weight is 553 g/mol. The molecule has 0 radical (unpaired) electrons. The minimum absolute atomic E-state index is 0. The Kier molecular flexibility index (Phi) is 10.5. The predicted molar refractivity (Wildman–Crippen MR) is 128 cm³/mol.